The summed E-state index contributed by atoms with van der Waals surface area (Å²) < 4.78 is 1.52. The van der Waals surface area contributed by atoms with E-state index in [2.05, 4.69) is 5.10 Å². The van der Waals surface area contributed by atoms with Gasteiger partial charge in [-0.15, -0.1) is 12.4 Å². The summed E-state index contributed by atoms with van der Waals surface area (Å²) in [4.78, 5) is 0. The van der Waals surface area contributed by atoms with Crippen molar-refractivity contribution in [2.45, 2.75) is 0 Å². The summed E-state index contributed by atoms with van der Waals surface area (Å²) in [6.07, 6.45) is 1.52. The first-order chi connectivity index (χ1) is 3.72. The van der Waals surface area contributed by atoms with Gasteiger partial charge in [0.1, 0.15) is 5.82 Å². The van der Waals surface area contributed by atoms with Crippen molar-refractivity contribution < 1.29 is 0 Å². The molecule has 0 saturated heterocycles. The van der Waals surface area contributed by atoms with E-state index in [1.165, 1.54) is 10.9 Å². The number of aromatic nitrogens is 2. The zero-order valence-electron chi connectivity index (χ0n) is 5.03. The van der Waals surface area contributed by atoms with Crippen LogP contribution in [0.1, 0.15) is 0 Å². The first kappa shape index (κ1) is 8.10. The lowest BCUT2D eigenvalue weighted by molar-refractivity contribution is 0.779. The Morgan fingerprint density at radius 2 is 2.11 bits per heavy atom. The molecule has 0 atom stereocenters. The maximum Gasteiger partial charge on any atom is 0.144 e. The summed E-state index contributed by atoms with van der Waals surface area (Å²) in [5, 5.41) is 3.78. The van der Waals surface area contributed by atoms with Crippen molar-refractivity contribution in [3.05, 3.63) is 6.20 Å². The van der Waals surface area contributed by atoms with Gasteiger partial charge in [-0.3, -0.25) is 4.68 Å². The Hall–Kier alpha value is -0.900. The molecule has 0 unspecified atom stereocenters. The summed E-state index contributed by atoms with van der Waals surface area (Å²) >= 11 is 0. The molecular formula is C4H9ClN4. The molecule has 1 heterocycles. The highest BCUT2D eigenvalue weighted by molar-refractivity contribution is 5.85. The van der Waals surface area contributed by atoms with E-state index >= 15 is 0 Å². The number of anilines is 2. The average Bonchev–Trinajstić information content (AvgIpc) is 1.98. The Balaban J connectivity index is 0.000000640. The number of rotatable bonds is 0. The van der Waals surface area contributed by atoms with Crippen LogP contribution in [0.4, 0.5) is 11.5 Å². The fraction of sp³-hybridized carbons (Fsp3) is 0.250. The molecule has 52 valence electrons. The number of hydrogen-bond donors (Lipinski definition) is 2. The lowest BCUT2D eigenvalue weighted by Gasteiger charge is -1.90. The summed E-state index contributed by atoms with van der Waals surface area (Å²) in [5.41, 5.74) is 11.2. The Bertz CT molecular complexity index is 175. The number of nitrogen functional groups attached to an aromatic ring is 2. The van der Waals surface area contributed by atoms with Crippen LogP contribution in [0.25, 0.3) is 0 Å². The normalized spacial score (nSPS) is 8.56. The molecule has 0 aliphatic carbocycles. The molecule has 0 radical (unpaired) electrons. The van der Waals surface area contributed by atoms with Gasteiger partial charge in [0, 0.05) is 7.05 Å². The van der Waals surface area contributed by atoms with Crippen molar-refractivity contribution in [2.24, 2.45) is 7.05 Å². The smallest absolute Gasteiger partial charge is 0.144 e. The van der Waals surface area contributed by atoms with Gasteiger partial charge in [0.25, 0.3) is 0 Å². The number of halogens is 1. The zero-order chi connectivity index (χ0) is 6.15. The van der Waals surface area contributed by atoms with Crippen molar-refractivity contribution in [1.82, 2.24) is 9.78 Å². The van der Waals surface area contributed by atoms with Gasteiger partial charge in [0.2, 0.25) is 0 Å². The highest BCUT2D eigenvalue weighted by atomic mass is 35.5. The average molecular weight is 149 g/mol. The summed E-state index contributed by atoms with van der Waals surface area (Å²) in [6, 6.07) is 0. The number of nitrogens with zero attached hydrogens (tertiary/aromatic N) is 2. The first-order valence-electron chi connectivity index (χ1n) is 2.25. The van der Waals surface area contributed by atoms with E-state index in [-0.39, 0.29) is 12.4 Å². The van der Waals surface area contributed by atoms with Gasteiger partial charge in [-0.25, -0.2) is 0 Å². The number of hydrogen-bond acceptors (Lipinski definition) is 3. The standard InChI is InChI=1S/C4H8N4.ClH/c1-8-4(6)3(5)2-7-8;/h2H,5-6H2,1H3;1H. The number of nitrogens with two attached hydrogens (primary N) is 2. The van der Waals surface area contributed by atoms with Crippen LogP contribution in [0.2, 0.25) is 0 Å². The molecule has 0 aromatic carbocycles. The van der Waals surface area contributed by atoms with Crippen molar-refractivity contribution in [3.8, 4) is 0 Å². The predicted octanol–water partition coefficient (Wildman–Crippen LogP) is 0.00630. The molecule has 4 nitrogen and oxygen atoms in total. The Labute approximate surface area is 59.2 Å². The highest BCUT2D eigenvalue weighted by Gasteiger charge is 1.95. The summed E-state index contributed by atoms with van der Waals surface area (Å²) in [5.74, 6) is 0.519. The monoisotopic (exact) mass is 148 g/mol. The van der Waals surface area contributed by atoms with E-state index < -0.39 is 0 Å². The molecule has 1 rings (SSSR count). The Morgan fingerprint density at radius 1 is 1.56 bits per heavy atom. The molecule has 0 fully saturated rings. The van der Waals surface area contributed by atoms with E-state index in [0.717, 1.165) is 0 Å². The predicted molar refractivity (Wildman–Crippen MR) is 39.3 cm³/mol. The number of aryl methyl sites for hydroxylation is 1. The third kappa shape index (κ3) is 1.26. The molecule has 5 heteroatoms. The van der Waals surface area contributed by atoms with Crippen LogP contribution < -0.4 is 11.5 Å². The quantitative estimate of drug-likeness (QED) is 0.545. The van der Waals surface area contributed by atoms with Crippen molar-refractivity contribution in [2.75, 3.05) is 11.5 Å². The fourth-order valence-electron chi connectivity index (χ4n) is 0.464. The maximum absolute atomic E-state index is 5.38. The molecule has 0 spiro atoms. The second-order valence-corrected chi connectivity index (χ2v) is 1.61. The second-order valence-electron chi connectivity index (χ2n) is 1.61. The van der Waals surface area contributed by atoms with Crippen LogP contribution >= 0.6 is 12.4 Å². The molecule has 1 aromatic rings. The molecule has 4 N–H and O–H groups in total. The third-order valence-corrected chi connectivity index (χ3v) is 1.01. The van der Waals surface area contributed by atoms with Gasteiger partial charge in [-0.1, -0.05) is 0 Å². The van der Waals surface area contributed by atoms with Crippen LogP contribution in [-0.2, 0) is 7.05 Å². The molecule has 9 heavy (non-hydrogen) atoms. The lowest BCUT2D eigenvalue weighted by Crippen LogP contribution is -1.98. The molecule has 0 aliphatic heterocycles. The fourth-order valence-corrected chi connectivity index (χ4v) is 0.464. The SMILES string of the molecule is Cl.Cn1ncc(N)c1N. The minimum Gasteiger partial charge on any atom is -0.394 e. The van der Waals surface area contributed by atoms with Crippen molar-refractivity contribution in [3.63, 3.8) is 0 Å². The molecule has 0 bridgehead atoms. The van der Waals surface area contributed by atoms with Gasteiger partial charge in [0.05, 0.1) is 11.9 Å². The van der Waals surface area contributed by atoms with Gasteiger partial charge >= 0.3 is 0 Å². The first-order valence-corrected chi connectivity index (χ1v) is 2.25. The maximum atomic E-state index is 5.38. The van der Waals surface area contributed by atoms with Gasteiger partial charge < -0.3 is 11.5 Å². The molecule has 0 aliphatic rings. The van der Waals surface area contributed by atoms with E-state index in [0.29, 0.717) is 11.5 Å². The van der Waals surface area contributed by atoms with Crippen molar-refractivity contribution in [1.29, 1.82) is 0 Å². The third-order valence-electron chi connectivity index (χ3n) is 1.01. The van der Waals surface area contributed by atoms with E-state index in [4.69, 9.17) is 11.5 Å². The van der Waals surface area contributed by atoms with E-state index in [1.807, 2.05) is 0 Å². The van der Waals surface area contributed by atoms with E-state index in [9.17, 15) is 0 Å². The van der Waals surface area contributed by atoms with E-state index in [1.54, 1.807) is 7.05 Å². The Kier molecular flexibility index (Phi) is 2.33. The minimum atomic E-state index is 0. The topological polar surface area (TPSA) is 69.9 Å². The van der Waals surface area contributed by atoms with Crippen LogP contribution in [-0.4, -0.2) is 9.78 Å². The highest BCUT2D eigenvalue weighted by Crippen LogP contribution is 2.08. The van der Waals surface area contributed by atoms with Crippen LogP contribution in [0.5, 0.6) is 0 Å². The summed E-state index contributed by atoms with van der Waals surface area (Å²) in [6.45, 7) is 0. The molecule has 1 aromatic heterocycles. The zero-order valence-corrected chi connectivity index (χ0v) is 5.85. The van der Waals surface area contributed by atoms with Crippen LogP contribution in [0, 0.1) is 0 Å². The molecule has 0 amide bonds. The van der Waals surface area contributed by atoms with Crippen LogP contribution in [0.3, 0.4) is 0 Å². The minimum absolute atomic E-state index is 0. The van der Waals surface area contributed by atoms with Crippen LogP contribution in [0.15, 0.2) is 6.20 Å². The largest absolute Gasteiger partial charge is 0.394 e. The van der Waals surface area contributed by atoms with Crippen molar-refractivity contribution >= 4 is 23.9 Å². The van der Waals surface area contributed by atoms with Gasteiger partial charge in [0.15, 0.2) is 0 Å². The van der Waals surface area contributed by atoms with Gasteiger partial charge in [-0.05, 0) is 0 Å². The second kappa shape index (κ2) is 2.59. The van der Waals surface area contributed by atoms with Gasteiger partial charge in [-0.2, -0.15) is 5.10 Å². The molecular weight excluding hydrogens is 140 g/mol. The lowest BCUT2D eigenvalue weighted by atomic mass is 10.5. The molecule has 0 saturated carbocycles. The summed E-state index contributed by atoms with van der Waals surface area (Å²) in [7, 11) is 1.74. The Morgan fingerprint density at radius 3 is 2.22 bits per heavy atom.